The number of carboxylic acid groups (broad SMARTS) is 1. The van der Waals surface area contributed by atoms with Crippen molar-refractivity contribution in [3.63, 3.8) is 0 Å². The van der Waals surface area contributed by atoms with Crippen molar-refractivity contribution in [2.75, 3.05) is 26.4 Å². The first-order valence-corrected chi connectivity index (χ1v) is 18.2. The number of hydrogen-bond donors (Lipinski definition) is 3. The van der Waals surface area contributed by atoms with E-state index in [1.165, 1.54) is 12.5 Å². The zero-order valence-electron chi connectivity index (χ0n) is 30.8. The van der Waals surface area contributed by atoms with Crippen LogP contribution in [-0.4, -0.2) is 67.6 Å². The molecule has 0 aromatic heterocycles. The van der Waals surface area contributed by atoms with E-state index in [0.717, 1.165) is 32.1 Å². The number of aliphatic imine (C=N–C) groups is 1. The third kappa shape index (κ3) is 5.63. The number of nitrogens with two attached hydrogens (primary N) is 1. The fourth-order valence-corrected chi connectivity index (χ4v) is 11.9. The Morgan fingerprint density at radius 3 is 2.40 bits per heavy atom. The third-order valence-electron chi connectivity index (χ3n) is 14.5. The molecule has 4 aliphatic carbocycles. The van der Waals surface area contributed by atoms with E-state index in [2.05, 4.69) is 64.9 Å². The van der Waals surface area contributed by atoms with Crippen molar-refractivity contribution >= 4 is 17.9 Å². The average molecular weight is 658 g/mol. The summed E-state index contributed by atoms with van der Waals surface area (Å²) >= 11 is 0. The summed E-state index contributed by atoms with van der Waals surface area (Å²) < 4.78 is 19.3. The fourth-order valence-electron chi connectivity index (χ4n) is 11.9. The normalized spacial score (nSPS) is 43.7. The van der Waals surface area contributed by atoms with Gasteiger partial charge in [-0.2, -0.15) is 0 Å². The topological polar surface area (TPSA) is 132 Å². The molecule has 4 fully saturated rings. The molecule has 1 saturated heterocycles. The van der Waals surface area contributed by atoms with Crippen LogP contribution in [0.4, 0.5) is 0 Å². The van der Waals surface area contributed by atoms with Crippen LogP contribution in [0.3, 0.4) is 0 Å². The van der Waals surface area contributed by atoms with Gasteiger partial charge < -0.3 is 30.4 Å². The number of nitrogens with zero attached hydrogens (tertiary/aromatic N) is 1. The predicted molar refractivity (Wildman–Crippen MR) is 184 cm³/mol. The van der Waals surface area contributed by atoms with Crippen LogP contribution in [0, 0.1) is 56.7 Å². The second-order valence-electron chi connectivity index (χ2n) is 17.6. The molecule has 5 aliphatic rings. The molecule has 9 heteroatoms. The van der Waals surface area contributed by atoms with E-state index in [9.17, 15) is 14.7 Å². The average Bonchev–Trinajstić information content (AvgIpc) is 2.95. The first-order valence-electron chi connectivity index (χ1n) is 18.2. The van der Waals surface area contributed by atoms with Crippen LogP contribution in [0.5, 0.6) is 0 Å². The summed E-state index contributed by atoms with van der Waals surface area (Å²) in [4.78, 5) is 30.4. The van der Waals surface area contributed by atoms with Crippen LogP contribution in [0.2, 0.25) is 0 Å². The lowest BCUT2D eigenvalue weighted by Crippen LogP contribution is -2.70. The van der Waals surface area contributed by atoms with Gasteiger partial charge in [-0.1, -0.05) is 60.1 Å². The van der Waals surface area contributed by atoms with E-state index in [1.54, 1.807) is 0 Å². The standard InChI is InChI=1S/C38H63N3O6/c1-22(2)24(5)34(7)15-16-36(9)26-11-12-29-35(8)20-45-21-38(29,27(26)13-14-37(36,10)30(34)32(43)44)19-28(47-25(6)42)31(35)46-18-17-40-33(39)41-23(3)4/h13,22-24,26,28-31H,11-12,14-21H2,1-10H3,(H,43,44)(H3,39,40,41)/t24-,26+,28-,29+,30-,31+,34-,35-,36-,37+,38-/m1/s1. The highest BCUT2D eigenvalue weighted by Crippen LogP contribution is 2.75. The Kier molecular flexibility index (Phi) is 9.72. The molecule has 266 valence electrons. The summed E-state index contributed by atoms with van der Waals surface area (Å²) in [5.74, 6) is 0.274. The summed E-state index contributed by atoms with van der Waals surface area (Å²) in [6, 6.07) is 0.193. The molecule has 47 heavy (non-hydrogen) atoms. The van der Waals surface area contributed by atoms with Gasteiger partial charge in [0.05, 0.1) is 32.3 Å². The molecule has 3 saturated carbocycles. The van der Waals surface area contributed by atoms with E-state index in [4.69, 9.17) is 19.9 Å². The molecule has 0 aromatic rings. The van der Waals surface area contributed by atoms with Crippen LogP contribution in [-0.2, 0) is 23.8 Å². The number of carboxylic acids is 1. The molecule has 0 amide bonds. The SMILES string of the molecule is CC(=O)O[C@@H]1C[C@]23COC[C@](C)([C@@H]2CC[C@H]2C3=CC[C@@]3(C)[C@H](C(=O)O)[C@@](C)([C@H](C)C(C)C)CC[C@]23C)[C@H]1OCCN=C(N)NC(C)C. The first kappa shape index (κ1) is 36.2. The number of allylic oxidation sites excluding steroid dienone is 1. The number of ether oxygens (including phenoxy) is 3. The minimum atomic E-state index is -0.649. The molecule has 0 spiro atoms. The molecule has 0 radical (unpaired) electrons. The van der Waals surface area contributed by atoms with Gasteiger partial charge in [-0.15, -0.1) is 0 Å². The number of carbonyl (C=O) groups excluding carboxylic acids is 1. The fraction of sp³-hybridized carbons (Fsp3) is 0.868. The smallest absolute Gasteiger partial charge is 0.307 e. The molecule has 0 aromatic carbocycles. The Morgan fingerprint density at radius 1 is 1.09 bits per heavy atom. The number of esters is 1. The van der Waals surface area contributed by atoms with Gasteiger partial charge in [-0.3, -0.25) is 14.6 Å². The minimum Gasteiger partial charge on any atom is -0.481 e. The maximum Gasteiger partial charge on any atom is 0.307 e. The minimum absolute atomic E-state index is 0.170. The molecule has 9 nitrogen and oxygen atoms in total. The largest absolute Gasteiger partial charge is 0.481 e. The molecule has 1 aliphatic heterocycles. The molecular formula is C38H63N3O6. The van der Waals surface area contributed by atoms with Crippen molar-refractivity contribution in [3.8, 4) is 0 Å². The number of fused-ring (bicyclic) bond motifs is 3. The summed E-state index contributed by atoms with van der Waals surface area (Å²) in [6.45, 7) is 23.4. The van der Waals surface area contributed by atoms with Gasteiger partial charge in [0.1, 0.15) is 12.2 Å². The van der Waals surface area contributed by atoms with E-state index in [0.29, 0.717) is 56.5 Å². The molecule has 1 heterocycles. The lowest BCUT2D eigenvalue weighted by Gasteiger charge is -2.71. The Hall–Kier alpha value is -2.13. The van der Waals surface area contributed by atoms with Crippen molar-refractivity contribution < 1.29 is 28.9 Å². The maximum atomic E-state index is 13.4. The number of nitrogens with one attached hydrogen (secondary N) is 1. The molecule has 0 unspecified atom stereocenters. The van der Waals surface area contributed by atoms with E-state index >= 15 is 0 Å². The Balaban J connectivity index is 1.51. The maximum absolute atomic E-state index is 13.4. The van der Waals surface area contributed by atoms with Crippen LogP contribution < -0.4 is 11.1 Å². The second-order valence-corrected chi connectivity index (χ2v) is 17.6. The lowest BCUT2D eigenvalue weighted by atomic mass is 9.34. The highest BCUT2D eigenvalue weighted by atomic mass is 16.6. The van der Waals surface area contributed by atoms with Gasteiger partial charge in [0.25, 0.3) is 0 Å². The zero-order chi connectivity index (χ0) is 34.7. The molecular weight excluding hydrogens is 594 g/mol. The number of guanidine groups is 1. The summed E-state index contributed by atoms with van der Waals surface area (Å²) in [6.07, 6.45) is 7.03. The quantitative estimate of drug-likeness (QED) is 0.0878. The molecule has 11 atom stereocenters. The monoisotopic (exact) mass is 657 g/mol. The summed E-state index contributed by atoms with van der Waals surface area (Å²) in [5, 5.41) is 14.1. The van der Waals surface area contributed by atoms with Crippen molar-refractivity contribution in [2.24, 2.45) is 67.4 Å². The van der Waals surface area contributed by atoms with Gasteiger partial charge >= 0.3 is 11.9 Å². The van der Waals surface area contributed by atoms with Gasteiger partial charge in [0, 0.05) is 23.8 Å². The van der Waals surface area contributed by atoms with E-state index < -0.39 is 18.0 Å². The number of rotatable bonds is 9. The first-order chi connectivity index (χ1) is 21.9. The lowest BCUT2D eigenvalue weighted by molar-refractivity contribution is -0.266. The Morgan fingerprint density at radius 2 is 1.79 bits per heavy atom. The number of aliphatic carboxylic acids is 1. The second kappa shape index (κ2) is 12.6. The number of hydrogen-bond acceptors (Lipinski definition) is 6. The van der Waals surface area contributed by atoms with Crippen molar-refractivity contribution in [3.05, 3.63) is 11.6 Å². The Bertz CT molecular complexity index is 1280. The van der Waals surface area contributed by atoms with Gasteiger partial charge in [0.2, 0.25) is 0 Å². The van der Waals surface area contributed by atoms with Crippen molar-refractivity contribution in [2.45, 2.75) is 126 Å². The van der Waals surface area contributed by atoms with Crippen LogP contribution in [0.15, 0.2) is 16.6 Å². The Labute approximate surface area is 283 Å². The van der Waals surface area contributed by atoms with Gasteiger partial charge in [0.15, 0.2) is 5.96 Å². The predicted octanol–water partition coefficient (Wildman–Crippen LogP) is 6.20. The zero-order valence-corrected chi connectivity index (χ0v) is 30.8. The van der Waals surface area contributed by atoms with E-state index in [-0.39, 0.29) is 51.1 Å². The van der Waals surface area contributed by atoms with Crippen molar-refractivity contribution in [1.29, 1.82) is 0 Å². The molecule has 2 bridgehead atoms. The van der Waals surface area contributed by atoms with Gasteiger partial charge in [-0.25, -0.2) is 0 Å². The highest BCUT2D eigenvalue weighted by Gasteiger charge is 2.72. The van der Waals surface area contributed by atoms with Crippen LogP contribution >= 0.6 is 0 Å². The molecule has 4 N–H and O–H groups in total. The van der Waals surface area contributed by atoms with Crippen LogP contribution in [0.1, 0.15) is 108 Å². The van der Waals surface area contributed by atoms with E-state index in [1.807, 2.05) is 13.8 Å². The molecule has 5 rings (SSSR count). The number of carbonyl (C=O) groups is 2. The van der Waals surface area contributed by atoms with Gasteiger partial charge in [-0.05, 0) is 92.3 Å². The van der Waals surface area contributed by atoms with Crippen LogP contribution in [0.25, 0.3) is 0 Å². The van der Waals surface area contributed by atoms with Crippen molar-refractivity contribution in [1.82, 2.24) is 5.32 Å². The summed E-state index contributed by atoms with van der Waals surface area (Å²) in [5.41, 5.74) is 5.98. The summed E-state index contributed by atoms with van der Waals surface area (Å²) in [7, 11) is 0. The third-order valence-corrected chi connectivity index (χ3v) is 14.5. The highest BCUT2D eigenvalue weighted by molar-refractivity contribution is 5.78.